The molecule has 0 aliphatic heterocycles. The summed E-state index contributed by atoms with van der Waals surface area (Å²) in [6, 6.07) is 0. The number of nitrogens with zero attached hydrogens (tertiary/aromatic N) is 2. The molecule has 0 fully saturated rings. The van der Waals surface area contributed by atoms with Crippen molar-refractivity contribution in [1.29, 1.82) is 0 Å². The lowest BCUT2D eigenvalue weighted by atomic mass is 10.1. The summed E-state index contributed by atoms with van der Waals surface area (Å²) < 4.78 is 7.59. The Balaban J connectivity index is 2.65. The third kappa shape index (κ3) is 2.90. The molecule has 1 aromatic heterocycles. The molecular weight excluding hydrogens is 202 g/mol. The molecule has 0 aliphatic rings. The maximum absolute atomic E-state index is 5.93. The van der Waals surface area contributed by atoms with Crippen molar-refractivity contribution in [3.8, 4) is 5.88 Å². The molecular formula is C12H23N3O. The highest BCUT2D eigenvalue weighted by atomic mass is 16.5. The number of hydrogen-bond acceptors (Lipinski definition) is 3. The van der Waals surface area contributed by atoms with Gasteiger partial charge in [0, 0.05) is 6.54 Å². The summed E-state index contributed by atoms with van der Waals surface area (Å²) in [6.07, 6.45) is 2.37. The van der Waals surface area contributed by atoms with E-state index in [1.165, 1.54) is 12.8 Å². The number of aryl methyl sites for hydroxylation is 2. The quantitative estimate of drug-likeness (QED) is 0.809. The Morgan fingerprint density at radius 2 is 2.12 bits per heavy atom. The Kier molecular flexibility index (Phi) is 4.65. The van der Waals surface area contributed by atoms with Crippen LogP contribution in [0, 0.1) is 12.8 Å². The average Bonchev–Trinajstić information content (AvgIpc) is 2.53. The van der Waals surface area contributed by atoms with Crippen molar-refractivity contribution < 1.29 is 4.74 Å². The van der Waals surface area contributed by atoms with E-state index in [9.17, 15) is 0 Å². The van der Waals surface area contributed by atoms with Crippen molar-refractivity contribution in [2.75, 3.05) is 12.3 Å². The third-order valence-electron chi connectivity index (χ3n) is 2.71. The van der Waals surface area contributed by atoms with Gasteiger partial charge in [-0.1, -0.05) is 20.3 Å². The Bertz CT molecular complexity index is 333. The number of nitrogen functional groups attached to an aromatic ring is 1. The fourth-order valence-corrected chi connectivity index (χ4v) is 1.74. The first kappa shape index (κ1) is 12.9. The van der Waals surface area contributed by atoms with Crippen LogP contribution in [-0.2, 0) is 6.54 Å². The summed E-state index contributed by atoms with van der Waals surface area (Å²) >= 11 is 0. The van der Waals surface area contributed by atoms with Crippen molar-refractivity contribution in [2.24, 2.45) is 5.92 Å². The Hall–Kier alpha value is -1.19. The van der Waals surface area contributed by atoms with Gasteiger partial charge in [0.1, 0.15) is 5.69 Å². The first-order valence-corrected chi connectivity index (χ1v) is 6.05. The van der Waals surface area contributed by atoms with Gasteiger partial charge in [-0.25, -0.2) is 4.68 Å². The van der Waals surface area contributed by atoms with Gasteiger partial charge < -0.3 is 10.5 Å². The number of rotatable bonds is 6. The molecule has 1 aromatic rings. The lowest BCUT2D eigenvalue weighted by molar-refractivity contribution is 0.231. The second-order valence-electron chi connectivity index (χ2n) is 4.32. The number of hydrogen-bond donors (Lipinski definition) is 1. The van der Waals surface area contributed by atoms with Crippen molar-refractivity contribution in [1.82, 2.24) is 9.78 Å². The fourth-order valence-electron chi connectivity index (χ4n) is 1.74. The monoisotopic (exact) mass is 225 g/mol. The van der Waals surface area contributed by atoms with E-state index in [1.807, 2.05) is 18.5 Å². The molecule has 0 radical (unpaired) electrons. The summed E-state index contributed by atoms with van der Waals surface area (Å²) in [5, 5.41) is 4.32. The zero-order valence-corrected chi connectivity index (χ0v) is 10.8. The van der Waals surface area contributed by atoms with Crippen LogP contribution in [0.5, 0.6) is 5.88 Å². The van der Waals surface area contributed by atoms with Crippen molar-refractivity contribution in [2.45, 2.75) is 47.1 Å². The minimum absolute atomic E-state index is 0.560. The normalized spacial score (nSPS) is 12.8. The summed E-state index contributed by atoms with van der Waals surface area (Å²) in [7, 11) is 0. The maximum atomic E-state index is 5.93. The van der Waals surface area contributed by atoms with E-state index in [-0.39, 0.29) is 0 Å². The molecule has 2 N–H and O–H groups in total. The Labute approximate surface area is 97.8 Å². The van der Waals surface area contributed by atoms with E-state index in [2.05, 4.69) is 18.9 Å². The molecule has 1 heterocycles. The van der Waals surface area contributed by atoms with Crippen LogP contribution in [0.1, 0.15) is 39.3 Å². The number of ether oxygens (including phenoxy) is 1. The number of nitrogens with two attached hydrogens (primary N) is 1. The second kappa shape index (κ2) is 5.77. The van der Waals surface area contributed by atoms with Gasteiger partial charge in [0.05, 0.1) is 12.3 Å². The fraction of sp³-hybridized carbons (Fsp3) is 0.750. The zero-order valence-electron chi connectivity index (χ0n) is 10.8. The van der Waals surface area contributed by atoms with Gasteiger partial charge in [0.2, 0.25) is 5.88 Å². The highest BCUT2D eigenvalue weighted by molar-refractivity contribution is 5.52. The van der Waals surface area contributed by atoms with Crippen LogP contribution in [0.2, 0.25) is 0 Å². The molecule has 4 nitrogen and oxygen atoms in total. The molecule has 0 aromatic carbocycles. The van der Waals surface area contributed by atoms with Gasteiger partial charge in [-0.15, -0.1) is 0 Å². The summed E-state index contributed by atoms with van der Waals surface area (Å²) in [5.74, 6) is 1.29. The highest BCUT2D eigenvalue weighted by Gasteiger charge is 2.13. The van der Waals surface area contributed by atoms with Gasteiger partial charge in [0.25, 0.3) is 0 Å². The van der Waals surface area contributed by atoms with E-state index >= 15 is 0 Å². The largest absolute Gasteiger partial charge is 0.476 e. The lowest BCUT2D eigenvalue weighted by Gasteiger charge is -2.13. The SMILES string of the molecule is CCCC(C)COc1c(N)c(C)nn1CC. The molecule has 0 spiro atoms. The van der Waals surface area contributed by atoms with Gasteiger partial charge >= 0.3 is 0 Å². The standard InChI is InChI=1S/C12H23N3O/c1-5-7-9(3)8-16-12-11(13)10(4)14-15(12)6-2/h9H,5-8,13H2,1-4H3. The predicted octanol–water partition coefficient (Wildman–Crippen LogP) is 2.61. The van der Waals surface area contributed by atoms with E-state index in [0.29, 0.717) is 18.2 Å². The molecule has 0 aliphatic carbocycles. The van der Waals surface area contributed by atoms with E-state index < -0.39 is 0 Å². The molecule has 4 heteroatoms. The topological polar surface area (TPSA) is 53.1 Å². The lowest BCUT2D eigenvalue weighted by Crippen LogP contribution is -2.12. The van der Waals surface area contributed by atoms with Gasteiger partial charge in [-0.05, 0) is 26.2 Å². The van der Waals surface area contributed by atoms with E-state index in [0.717, 1.165) is 18.1 Å². The number of anilines is 1. The molecule has 0 bridgehead atoms. The van der Waals surface area contributed by atoms with E-state index in [4.69, 9.17) is 10.5 Å². The van der Waals surface area contributed by atoms with Crippen molar-refractivity contribution in [3.63, 3.8) is 0 Å². The average molecular weight is 225 g/mol. The third-order valence-corrected chi connectivity index (χ3v) is 2.71. The predicted molar refractivity (Wildman–Crippen MR) is 66.6 cm³/mol. The molecule has 1 atom stereocenters. The van der Waals surface area contributed by atoms with Crippen molar-refractivity contribution >= 4 is 5.69 Å². The van der Waals surface area contributed by atoms with Crippen LogP contribution in [0.4, 0.5) is 5.69 Å². The summed E-state index contributed by atoms with van der Waals surface area (Å²) in [6.45, 7) is 9.82. The summed E-state index contributed by atoms with van der Waals surface area (Å²) in [4.78, 5) is 0. The molecule has 1 rings (SSSR count). The first-order valence-electron chi connectivity index (χ1n) is 6.05. The molecule has 0 saturated heterocycles. The minimum Gasteiger partial charge on any atom is -0.476 e. The van der Waals surface area contributed by atoms with Crippen molar-refractivity contribution in [3.05, 3.63) is 5.69 Å². The van der Waals surface area contributed by atoms with Gasteiger partial charge in [-0.2, -0.15) is 5.10 Å². The van der Waals surface area contributed by atoms with Gasteiger partial charge in [0.15, 0.2) is 0 Å². The summed E-state index contributed by atoms with van der Waals surface area (Å²) in [5.41, 5.74) is 7.45. The molecule has 92 valence electrons. The van der Waals surface area contributed by atoms with E-state index in [1.54, 1.807) is 0 Å². The Morgan fingerprint density at radius 3 is 2.69 bits per heavy atom. The Morgan fingerprint density at radius 1 is 1.44 bits per heavy atom. The minimum atomic E-state index is 0.560. The second-order valence-corrected chi connectivity index (χ2v) is 4.32. The molecule has 0 amide bonds. The smallest absolute Gasteiger partial charge is 0.236 e. The number of aromatic nitrogens is 2. The van der Waals surface area contributed by atoms with Crippen LogP contribution in [0.3, 0.4) is 0 Å². The first-order chi connectivity index (χ1) is 7.60. The van der Waals surface area contributed by atoms with Gasteiger partial charge in [-0.3, -0.25) is 0 Å². The molecule has 0 saturated carbocycles. The maximum Gasteiger partial charge on any atom is 0.236 e. The molecule has 1 unspecified atom stereocenters. The highest BCUT2D eigenvalue weighted by Crippen LogP contribution is 2.25. The van der Waals surface area contributed by atoms with Crippen LogP contribution < -0.4 is 10.5 Å². The van der Waals surface area contributed by atoms with Crippen LogP contribution in [0.25, 0.3) is 0 Å². The molecule has 16 heavy (non-hydrogen) atoms. The zero-order chi connectivity index (χ0) is 12.1. The van der Waals surface area contributed by atoms with Crippen LogP contribution in [0.15, 0.2) is 0 Å². The van der Waals surface area contributed by atoms with Crippen LogP contribution in [-0.4, -0.2) is 16.4 Å². The van der Waals surface area contributed by atoms with Crippen LogP contribution >= 0.6 is 0 Å².